The molecule has 5 rings (SSSR count). The first-order valence-electron chi connectivity index (χ1n) is 10.7. The van der Waals surface area contributed by atoms with E-state index >= 15 is 0 Å². The second-order valence-corrected chi connectivity index (χ2v) is 9.17. The Morgan fingerprint density at radius 2 is 2.16 bits per heavy atom. The minimum absolute atomic E-state index is 0.0106. The van der Waals surface area contributed by atoms with E-state index in [1.807, 2.05) is 34.9 Å². The maximum atomic E-state index is 13.5. The van der Waals surface area contributed by atoms with E-state index in [-0.39, 0.29) is 17.9 Å². The fourth-order valence-corrected chi connectivity index (χ4v) is 5.26. The second-order valence-electron chi connectivity index (χ2n) is 9.17. The van der Waals surface area contributed by atoms with E-state index in [0.717, 1.165) is 17.0 Å². The molecular weight excluding hydrogens is 392 g/mol. The number of benzene rings is 1. The van der Waals surface area contributed by atoms with E-state index in [4.69, 9.17) is 4.74 Å². The highest BCUT2D eigenvalue weighted by molar-refractivity contribution is 5.93. The summed E-state index contributed by atoms with van der Waals surface area (Å²) in [5, 5.41) is 0. The van der Waals surface area contributed by atoms with Gasteiger partial charge in [0.05, 0.1) is 31.0 Å². The Hall–Kier alpha value is -2.93. The van der Waals surface area contributed by atoms with Crippen molar-refractivity contribution in [1.29, 1.82) is 0 Å². The molecule has 2 fully saturated rings. The third-order valence-electron chi connectivity index (χ3n) is 7.01. The zero-order chi connectivity index (χ0) is 21.9. The van der Waals surface area contributed by atoms with Gasteiger partial charge in [-0.1, -0.05) is 35.9 Å². The molecule has 2 saturated heterocycles. The van der Waals surface area contributed by atoms with Gasteiger partial charge in [-0.25, -0.2) is 4.98 Å². The number of aromatic nitrogens is 2. The molecule has 2 bridgehead atoms. The lowest BCUT2D eigenvalue weighted by Crippen LogP contribution is -2.44. The summed E-state index contributed by atoms with van der Waals surface area (Å²) in [6, 6.07) is 6.30. The molecule has 0 aliphatic carbocycles. The number of carbonyl (C=O) groups is 2. The molecule has 3 aliphatic rings. The molecule has 4 heterocycles. The summed E-state index contributed by atoms with van der Waals surface area (Å²) in [4.78, 5) is 34.8. The molecule has 2 amide bonds. The Balaban J connectivity index is 1.38. The molecule has 3 aliphatic heterocycles. The maximum absolute atomic E-state index is 13.5. The van der Waals surface area contributed by atoms with Crippen LogP contribution in [0, 0.1) is 25.7 Å². The maximum Gasteiger partial charge on any atom is 0.230 e. The third-order valence-corrected chi connectivity index (χ3v) is 7.01. The van der Waals surface area contributed by atoms with Crippen molar-refractivity contribution >= 4 is 11.8 Å². The number of hydrogen-bond donors (Lipinski definition) is 0. The van der Waals surface area contributed by atoms with Gasteiger partial charge in [0.15, 0.2) is 0 Å². The van der Waals surface area contributed by atoms with Gasteiger partial charge in [0.2, 0.25) is 11.8 Å². The minimum atomic E-state index is -0.691. The number of aryl methyl sites for hydroxylation is 3. The van der Waals surface area contributed by atoms with Crippen molar-refractivity contribution < 1.29 is 14.3 Å². The summed E-state index contributed by atoms with van der Waals surface area (Å²) >= 11 is 0. The predicted octanol–water partition coefficient (Wildman–Crippen LogP) is 1.98. The fraction of sp³-hybridized carbons (Fsp3) is 0.458. The molecule has 31 heavy (non-hydrogen) atoms. The Morgan fingerprint density at radius 3 is 2.90 bits per heavy atom. The third kappa shape index (κ3) is 3.10. The van der Waals surface area contributed by atoms with Gasteiger partial charge in [-0.15, -0.1) is 0 Å². The molecule has 0 unspecified atom stereocenters. The van der Waals surface area contributed by atoms with E-state index in [9.17, 15) is 9.59 Å². The molecule has 0 saturated carbocycles. The van der Waals surface area contributed by atoms with E-state index in [1.165, 1.54) is 5.56 Å². The number of hydrogen-bond acceptors (Lipinski definition) is 4. The van der Waals surface area contributed by atoms with Crippen molar-refractivity contribution in [2.45, 2.75) is 38.6 Å². The summed E-state index contributed by atoms with van der Waals surface area (Å²) < 4.78 is 8.18. The number of imidazole rings is 1. The number of ether oxygens (including phenoxy) is 1. The average molecular weight is 421 g/mol. The van der Waals surface area contributed by atoms with Gasteiger partial charge in [0, 0.05) is 33.0 Å². The van der Waals surface area contributed by atoms with Gasteiger partial charge >= 0.3 is 0 Å². The van der Waals surface area contributed by atoms with Gasteiger partial charge in [-0.2, -0.15) is 0 Å². The standard InChI is InChI=1S/C24H28N4O3/c1-15-5-6-16(2)17(11-15)12-28-14-24-8-7-18(31-24)20(21(24)23(28)30)22(29)27(4)13-19-25-9-10-26(19)3/h5-11,18,20-21H,12-14H2,1-4H3/t18-,20-,21-,24-/m0/s1. The van der Waals surface area contributed by atoms with Crippen molar-refractivity contribution in [3.8, 4) is 0 Å². The summed E-state index contributed by atoms with van der Waals surface area (Å²) in [6.07, 6.45) is 7.21. The second kappa shape index (κ2) is 7.05. The minimum Gasteiger partial charge on any atom is -0.360 e. The molecule has 0 radical (unpaired) electrons. The fourth-order valence-electron chi connectivity index (χ4n) is 5.26. The summed E-state index contributed by atoms with van der Waals surface area (Å²) in [5.41, 5.74) is 2.78. The lowest BCUT2D eigenvalue weighted by Gasteiger charge is -2.27. The zero-order valence-electron chi connectivity index (χ0n) is 18.4. The number of nitrogens with zero attached hydrogens (tertiary/aromatic N) is 4. The largest absolute Gasteiger partial charge is 0.360 e. The zero-order valence-corrected chi connectivity index (χ0v) is 18.4. The van der Waals surface area contributed by atoms with Crippen molar-refractivity contribution in [3.05, 3.63) is 65.3 Å². The number of rotatable bonds is 5. The molecule has 4 atom stereocenters. The number of amides is 2. The lowest BCUT2D eigenvalue weighted by molar-refractivity contribution is -0.143. The van der Waals surface area contributed by atoms with E-state index < -0.39 is 17.4 Å². The van der Waals surface area contributed by atoms with Crippen LogP contribution in [-0.2, 0) is 34.5 Å². The normalized spacial score (nSPS) is 28.5. The topological polar surface area (TPSA) is 67.7 Å². The first-order valence-corrected chi connectivity index (χ1v) is 10.7. The average Bonchev–Trinajstić information content (AvgIpc) is 3.47. The Kier molecular flexibility index (Phi) is 4.55. The van der Waals surface area contributed by atoms with E-state index in [0.29, 0.717) is 19.6 Å². The first kappa shape index (κ1) is 20.0. The highest BCUT2D eigenvalue weighted by atomic mass is 16.5. The molecule has 0 N–H and O–H groups in total. The van der Waals surface area contributed by atoms with E-state index in [2.05, 4.69) is 37.0 Å². The molecule has 7 heteroatoms. The van der Waals surface area contributed by atoms with Crippen LogP contribution in [0.1, 0.15) is 22.5 Å². The Labute approximate surface area is 182 Å². The smallest absolute Gasteiger partial charge is 0.230 e. The molecular formula is C24H28N4O3. The van der Waals surface area contributed by atoms with Crippen LogP contribution in [0.25, 0.3) is 0 Å². The van der Waals surface area contributed by atoms with Crippen LogP contribution in [0.2, 0.25) is 0 Å². The van der Waals surface area contributed by atoms with Crippen molar-refractivity contribution in [2.75, 3.05) is 13.6 Å². The highest BCUT2D eigenvalue weighted by Crippen LogP contribution is 2.52. The highest BCUT2D eigenvalue weighted by Gasteiger charge is 2.67. The molecule has 2 aromatic rings. The van der Waals surface area contributed by atoms with Crippen LogP contribution >= 0.6 is 0 Å². The SMILES string of the molecule is Cc1ccc(C)c(CN2C[C@]34C=C[C@H](O3)[C@H](C(=O)N(C)Cc3nccn3C)[C@H]4C2=O)c1. The summed E-state index contributed by atoms with van der Waals surface area (Å²) in [5.74, 6) is -0.211. The van der Waals surface area contributed by atoms with Crippen LogP contribution in [0.3, 0.4) is 0 Å². The van der Waals surface area contributed by atoms with E-state index in [1.54, 1.807) is 18.1 Å². The predicted molar refractivity (Wildman–Crippen MR) is 115 cm³/mol. The van der Waals surface area contributed by atoms with Gasteiger partial charge < -0.3 is 19.1 Å². The molecule has 1 aromatic heterocycles. The summed E-state index contributed by atoms with van der Waals surface area (Å²) in [6.45, 7) is 5.55. The number of fused-ring (bicyclic) bond motifs is 1. The number of carbonyl (C=O) groups excluding carboxylic acids is 2. The van der Waals surface area contributed by atoms with Crippen molar-refractivity contribution in [1.82, 2.24) is 19.4 Å². The van der Waals surface area contributed by atoms with Gasteiger partial charge in [0.1, 0.15) is 11.4 Å². The molecule has 1 spiro atoms. The van der Waals surface area contributed by atoms with Crippen LogP contribution in [0.5, 0.6) is 0 Å². The quantitative estimate of drug-likeness (QED) is 0.694. The molecule has 1 aromatic carbocycles. The lowest BCUT2D eigenvalue weighted by atomic mass is 9.76. The first-order chi connectivity index (χ1) is 14.8. The van der Waals surface area contributed by atoms with Crippen LogP contribution < -0.4 is 0 Å². The van der Waals surface area contributed by atoms with Crippen LogP contribution in [0.4, 0.5) is 0 Å². The Morgan fingerprint density at radius 1 is 1.35 bits per heavy atom. The van der Waals surface area contributed by atoms with Crippen molar-refractivity contribution in [2.24, 2.45) is 18.9 Å². The van der Waals surface area contributed by atoms with Gasteiger partial charge in [-0.05, 0) is 25.0 Å². The van der Waals surface area contributed by atoms with Crippen LogP contribution in [-0.4, -0.2) is 56.5 Å². The molecule has 7 nitrogen and oxygen atoms in total. The van der Waals surface area contributed by atoms with Gasteiger partial charge in [0.25, 0.3) is 0 Å². The number of likely N-dealkylation sites (tertiary alicyclic amines) is 1. The monoisotopic (exact) mass is 420 g/mol. The Bertz CT molecular complexity index is 1090. The summed E-state index contributed by atoms with van der Waals surface area (Å²) in [7, 11) is 3.68. The van der Waals surface area contributed by atoms with Crippen molar-refractivity contribution in [3.63, 3.8) is 0 Å². The molecule has 162 valence electrons. The van der Waals surface area contributed by atoms with Crippen LogP contribution in [0.15, 0.2) is 42.7 Å². The van der Waals surface area contributed by atoms with Gasteiger partial charge in [-0.3, -0.25) is 9.59 Å².